The maximum atomic E-state index is 13.6. The van der Waals surface area contributed by atoms with Crippen LogP contribution in [0.1, 0.15) is 12.5 Å². The van der Waals surface area contributed by atoms with Crippen molar-refractivity contribution in [3.05, 3.63) is 53.8 Å². The minimum Gasteiger partial charge on any atom is -0.496 e. The van der Waals surface area contributed by atoms with Gasteiger partial charge in [-0.25, -0.2) is 4.39 Å². The lowest BCUT2D eigenvalue weighted by molar-refractivity contribution is 0.410. The smallest absolute Gasteiger partial charge is 0.191 e. The van der Waals surface area contributed by atoms with E-state index in [4.69, 9.17) is 9.47 Å². The third kappa shape index (κ3) is 3.67. The molecule has 0 saturated heterocycles. The van der Waals surface area contributed by atoms with Gasteiger partial charge in [-0.1, -0.05) is 23.9 Å². The highest BCUT2D eigenvalue weighted by Crippen LogP contribution is 2.33. The van der Waals surface area contributed by atoms with Crippen molar-refractivity contribution in [1.29, 1.82) is 0 Å². The molecule has 1 heterocycles. The Morgan fingerprint density at radius 2 is 1.81 bits per heavy atom. The van der Waals surface area contributed by atoms with Crippen LogP contribution in [0.2, 0.25) is 0 Å². The van der Waals surface area contributed by atoms with Crippen molar-refractivity contribution in [1.82, 2.24) is 14.8 Å². The van der Waals surface area contributed by atoms with Crippen molar-refractivity contribution in [2.24, 2.45) is 0 Å². The number of aromatic nitrogens is 3. The summed E-state index contributed by atoms with van der Waals surface area (Å²) in [4.78, 5) is 0. The van der Waals surface area contributed by atoms with E-state index in [0.29, 0.717) is 18.0 Å². The second-order valence-electron chi connectivity index (χ2n) is 5.50. The number of halogens is 1. The van der Waals surface area contributed by atoms with Crippen molar-refractivity contribution in [2.45, 2.75) is 24.4 Å². The first kappa shape index (κ1) is 18.3. The van der Waals surface area contributed by atoms with Crippen LogP contribution in [0.4, 0.5) is 4.39 Å². The van der Waals surface area contributed by atoms with Crippen LogP contribution in [0.25, 0.3) is 11.4 Å². The molecule has 0 spiro atoms. The molecular weight excluding hydrogens is 353 g/mol. The largest absolute Gasteiger partial charge is 0.496 e. The summed E-state index contributed by atoms with van der Waals surface area (Å²) < 4.78 is 26.3. The average Bonchev–Trinajstić information content (AvgIpc) is 3.09. The number of ether oxygens (including phenoxy) is 2. The maximum Gasteiger partial charge on any atom is 0.191 e. The van der Waals surface area contributed by atoms with Gasteiger partial charge in [-0.05, 0) is 37.3 Å². The molecule has 0 aliphatic rings. The molecule has 26 heavy (non-hydrogen) atoms. The Bertz CT molecular complexity index is 898. The Morgan fingerprint density at radius 1 is 1.04 bits per heavy atom. The first-order valence-electron chi connectivity index (χ1n) is 8.19. The molecule has 136 valence electrons. The fourth-order valence-electron chi connectivity index (χ4n) is 2.71. The van der Waals surface area contributed by atoms with Gasteiger partial charge in [0, 0.05) is 17.9 Å². The molecule has 0 N–H and O–H groups in total. The van der Waals surface area contributed by atoms with Gasteiger partial charge < -0.3 is 14.0 Å². The standard InChI is InChI=1S/C19H20FN3O2S/c1-4-23-18(15-7-5-6-8-17(15)25-3)21-22-19(23)26-12-13-11-14(20)9-10-16(13)24-2/h5-11H,4,12H2,1-3H3. The molecule has 7 heteroatoms. The fraction of sp³-hybridized carbons (Fsp3) is 0.263. The van der Waals surface area contributed by atoms with Crippen molar-refractivity contribution < 1.29 is 13.9 Å². The number of methoxy groups -OCH3 is 2. The van der Waals surface area contributed by atoms with Crippen molar-refractivity contribution in [3.8, 4) is 22.9 Å². The number of rotatable bonds is 7. The molecule has 0 saturated carbocycles. The minimum atomic E-state index is -0.284. The number of nitrogens with zero attached hydrogens (tertiary/aromatic N) is 3. The van der Waals surface area contributed by atoms with Crippen LogP contribution in [0.3, 0.4) is 0 Å². The van der Waals surface area contributed by atoms with Gasteiger partial charge in [-0.15, -0.1) is 10.2 Å². The molecule has 0 amide bonds. The fourth-order valence-corrected chi connectivity index (χ4v) is 3.69. The Hall–Kier alpha value is -2.54. The molecule has 1 aromatic heterocycles. The van der Waals surface area contributed by atoms with E-state index in [1.54, 1.807) is 20.3 Å². The summed E-state index contributed by atoms with van der Waals surface area (Å²) in [5, 5.41) is 9.43. The van der Waals surface area contributed by atoms with Crippen molar-refractivity contribution in [3.63, 3.8) is 0 Å². The number of hydrogen-bond acceptors (Lipinski definition) is 5. The Labute approximate surface area is 156 Å². The van der Waals surface area contributed by atoms with Gasteiger partial charge >= 0.3 is 0 Å². The lowest BCUT2D eigenvalue weighted by Crippen LogP contribution is -2.01. The van der Waals surface area contributed by atoms with E-state index in [1.807, 2.05) is 35.8 Å². The van der Waals surface area contributed by atoms with Gasteiger partial charge in [0.1, 0.15) is 17.3 Å². The molecule has 0 unspecified atom stereocenters. The first-order valence-corrected chi connectivity index (χ1v) is 9.18. The van der Waals surface area contributed by atoms with E-state index in [-0.39, 0.29) is 5.82 Å². The summed E-state index contributed by atoms with van der Waals surface area (Å²) in [5.74, 6) is 2.40. The predicted molar refractivity (Wildman–Crippen MR) is 100 cm³/mol. The van der Waals surface area contributed by atoms with Gasteiger partial charge in [0.2, 0.25) is 0 Å². The molecule has 0 aliphatic heterocycles. The lowest BCUT2D eigenvalue weighted by Gasteiger charge is -2.11. The third-order valence-corrected chi connectivity index (χ3v) is 5.00. The van der Waals surface area contributed by atoms with Crippen molar-refractivity contribution in [2.75, 3.05) is 14.2 Å². The first-order chi connectivity index (χ1) is 12.7. The van der Waals surface area contributed by atoms with Crippen LogP contribution < -0.4 is 9.47 Å². The zero-order valence-corrected chi connectivity index (χ0v) is 15.7. The molecule has 3 aromatic rings. The summed E-state index contributed by atoms with van der Waals surface area (Å²) >= 11 is 1.49. The van der Waals surface area contributed by atoms with Gasteiger partial charge in [-0.2, -0.15) is 0 Å². The Kier molecular flexibility index (Phi) is 5.78. The zero-order valence-electron chi connectivity index (χ0n) is 14.9. The lowest BCUT2D eigenvalue weighted by atomic mass is 10.2. The molecule has 0 aliphatic carbocycles. The second-order valence-corrected chi connectivity index (χ2v) is 6.44. The van der Waals surface area contributed by atoms with E-state index in [0.717, 1.165) is 27.9 Å². The number of thioether (sulfide) groups is 1. The van der Waals surface area contributed by atoms with Gasteiger partial charge in [0.05, 0.1) is 19.8 Å². The van der Waals surface area contributed by atoms with Crippen LogP contribution >= 0.6 is 11.8 Å². The summed E-state index contributed by atoms with van der Waals surface area (Å²) in [6, 6.07) is 12.2. The zero-order chi connectivity index (χ0) is 18.5. The van der Waals surface area contributed by atoms with E-state index in [1.165, 1.54) is 23.9 Å². The number of hydrogen-bond donors (Lipinski definition) is 0. The van der Waals surface area contributed by atoms with Crippen LogP contribution in [0, 0.1) is 5.82 Å². The molecule has 0 radical (unpaired) electrons. The molecule has 2 aromatic carbocycles. The highest BCUT2D eigenvalue weighted by Gasteiger charge is 2.17. The predicted octanol–water partition coefficient (Wildman–Crippen LogP) is 4.41. The van der Waals surface area contributed by atoms with Crippen LogP contribution in [-0.4, -0.2) is 29.0 Å². The second kappa shape index (κ2) is 8.23. The van der Waals surface area contributed by atoms with E-state index < -0.39 is 0 Å². The molecule has 5 nitrogen and oxygen atoms in total. The highest BCUT2D eigenvalue weighted by atomic mass is 32.2. The number of para-hydroxylation sites is 1. The SMILES string of the molecule is CCn1c(SCc2cc(F)ccc2OC)nnc1-c1ccccc1OC. The highest BCUT2D eigenvalue weighted by molar-refractivity contribution is 7.98. The van der Waals surface area contributed by atoms with Crippen LogP contribution in [0.15, 0.2) is 47.6 Å². The number of benzene rings is 2. The summed E-state index contributed by atoms with van der Waals surface area (Å²) in [7, 11) is 3.22. The molecule has 0 atom stereocenters. The monoisotopic (exact) mass is 373 g/mol. The third-order valence-electron chi connectivity index (χ3n) is 3.98. The van der Waals surface area contributed by atoms with E-state index in [2.05, 4.69) is 10.2 Å². The Morgan fingerprint density at radius 3 is 2.54 bits per heavy atom. The van der Waals surface area contributed by atoms with Gasteiger partial charge in [0.15, 0.2) is 11.0 Å². The maximum absolute atomic E-state index is 13.6. The average molecular weight is 373 g/mol. The quantitative estimate of drug-likeness (QED) is 0.574. The van der Waals surface area contributed by atoms with Gasteiger partial charge in [0.25, 0.3) is 0 Å². The van der Waals surface area contributed by atoms with Crippen LogP contribution in [0.5, 0.6) is 11.5 Å². The Balaban J connectivity index is 1.89. The molecule has 3 rings (SSSR count). The normalized spacial score (nSPS) is 10.8. The van der Waals surface area contributed by atoms with E-state index >= 15 is 0 Å². The molecule has 0 bridgehead atoms. The minimum absolute atomic E-state index is 0.284. The van der Waals surface area contributed by atoms with E-state index in [9.17, 15) is 4.39 Å². The molecular formula is C19H20FN3O2S. The summed E-state index contributed by atoms with van der Waals surface area (Å²) in [6.07, 6.45) is 0. The molecule has 0 fully saturated rings. The van der Waals surface area contributed by atoms with Crippen LogP contribution in [-0.2, 0) is 12.3 Å². The van der Waals surface area contributed by atoms with Crippen molar-refractivity contribution >= 4 is 11.8 Å². The van der Waals surface area contributed by atoms with Gasteiger partial charge in [-0.3, -0.25) is 0 Å². The summed E-state index contributed by atoms with van der Waals surface area (Å²) in [6.45, 7) is 2.75. The topological polar surface area (TPSA) is 49.2 Å². The summed E-state index contributed by atoms with van der Waals surface area (Å²) in [5.41, 5.74) is 1.67.